The molecule has 0 spiro atoms. The lowest BCUT2D eigenvalue weighted by Crippen LogP contribution is -2.51. The standard InChI is InChI=1S/C22H38O7Si/c1-4-22(10-16-11-23-16,9-15-7-6-8-18-20(15)27-18)29-30(3,26-5-2)14-19-21(28-19)25-13-17-12-24-17/h15-21H,4-14H2,1-3H3. The van der Waals surface area contributed by atoms with Gasteiger partial charge in [-0.25, -0.2) is 0 Å². The van der Waals surface area contributed by atoms with E-state index in [4.69, 9.17) is 32.5 Å². The molecule has 0 radical (unpaired) electrons. The number of fused-ring (bicyclic) bond motifs is 1. The Bertz CT molecular complexity index is 600. The number of ether oxygens (including phenoxy) is 5. The van der Waals surface area contributed by atoms with Crippen LogP contribution in [0.3, 0.4) is 0 Å². The lowest BCUT2D eigenvalue weighted by atomic mass is 9.78. The molecule has 0 N–H and O–H groups in total. The molecular formula is C22H38O7Si. The summed E-state index contributed by atoms with van der Waals surface area (Å²) in [5.74, 6) is 0.592. The van der Waals surface area contributed by atoms with Crippen LogP contribution in [0.2, 0.25) is 12.6 Å². The molecule has 5 rings (SSSR count). The van der Waals surface area contributed by atoms with Gasteiger partial charge in [-0.3, -0.25) is 0 Å². The Kier molecular flexibility index (Phi) is 6.32. The lowest BCUT2D eigenvalue weighted by Gasteiger charge is -2.42. The third-order valence-corrected chi connectivity index (χ3v) is 10.2. The molecule has 0 bridgehead atoms. The van der Waals surface area contributed by atoms with Gasteiger partial charge >= 0.3 is 8.56 Å². The quantitative estimate of drug-likeness (QED) is 0.302. The van der Waals surface area contributed by atoms with Crippen LogP contribution < -0.4 is 0 Å². The van der Waals surface area contributed by atoms with E-state index in [0.717, 1.165) is 38.5 Å². The fourth-order valence-corrected chi connectivity index (χ4v) is 8.53. The van der Waals surface area contributed by atoms with Gasteiger partial charge in [0, 0.05) is 19.1 Å². The zero-order valence-electron chi connectivity index (χ0n) is 18.7. The van der Waals surface area contributed by atoms with Gasteiger partial charge in [-0.15, -0.1) is 0 Å². The van der Waals surface area contributed by atoms with Crippen molar-refractivity contribution in [1.29, 1.82) is 0 Å². The second-order valence-electron chi connectivity index (χ2n) is 9.93. The summed E-state index contributed by atoms with van der Waals surface area (Å²) < 4.78 is 41.9. The van der Waals surface area contributed by atoms with Crippen molar-refractivity contribution in [3.8, 4) is 0 Å². The predicted octanol–water partition coefficient (Wildman–Crippen LogP) is 3.15. The van der Waals surface area contributed by atoms with E-state index in [9.17, 15) is 0 Å². The molecule has 9 unspecified atom stereocenters. The van der Waals surface area contributed by atoms with Gasteiger partial charge in [0.2, 0.25) is 0 Å². The average molecular weight is 443 g/mol. The molecule has 4 aliphatic heterocycles. The molecule has 5 aliphatic rings. The van der Waals surface area contributed by atoms with Crippen molar-refractivity contribution in [2.45, 2.75) is 107 Å². The first-order valence-corrected chi connectivity index (χ1v) is 14.5. The third-order valence-electron chi connectivity index (χ3n) is 7.27. The van der Waals surface area contributed by atoms with Crippen LogP contribution in [0.15, 0.2) is 0 Å². The van der Waals surface area contributed by atoms with Crippen molar-refractivity contribution in [2.75, 3.05) is 26.4 Å². The third kappa shape index (κ3) is 5.46. The zero-order chi connectivity index (χ0) is 20.8. The van der Waals surface area contributed by atoms with Gasteiger partial charge in [-0.1, -0.05) is 13.3 Å². The Morgan fingerprint density at radius 2 is 1.83 bits per heavy atom. The van der Waals surface area contributed by atoms with Crippen LogP contribution in [0.5, 0.6) is 0 Å². The van der Waals surface area contributed by atoms with Gasteiger partial charge in [0.05, 0.1) is 43.7 Å². The number of rotatable bonds is 14. The first-order chi connectivity index (χ1) is 14.5. The van der Waals surface area contributed by atoms with E-state index in [1.54, 1.807) is 0 Å². The Balaban J connectivity index is 1.24. The molecule has 1 saturated carbocycles. The van der Waals surface area contributed by atoms with Crippen LogP contribution >= 0.6 is 0 Å². The summed E-state index contributed by atoms with van der Waals surface area (Å²) >= 11 is 0. The SMILES string of the molecule is CCO[Si](C)(CC1OC1OCC1CO1)OC(CC)(CC1CO1)CC1CCCC2OC12. The highest BCUT2D eigenvalue weighted by atomic mass is 28.4. The van der Waals surface area contributed by atoms with Crippen molar-refractivity contribution >= 4 is 8.56 Å². The second-order valence-corrected chi connectivity index (χ2v) is 13.1. The average Bonchev–Trinajstić information content (AvgIpc) is 3.53. The van der Waals surface area contributed by atoms with Crippen molar-refractivity contribution in [3.63, 3.8) is 0 Å². The molecule has 0 aromatic carbocycles. The largest absolute Gasteiger partial charge is 0.395 e. The van der Waals surface area contributed by atoms with Gasteiger partial charge in [0.1, 0.15) is 12.2 Å². The Morgan fingerprint density at radius 3 is 2.53 bits per heavy atom. The molecule has 172 valence electrons. The summed E-state index contributed by atoms with van der Waals surface area (Å²) in [4.78, 5) is 0. The molecule has 0 aromatic heterocycles. The minimum Gasteiger partial charge on any atom is -0.395 e. The van der Waals surface area contributed by atoms with E-state index in [1.807, 2.05) is 0 Å². The van der Waals surface area contributed by atoms with Crippen molar-refractivity contribution in [3.05, 3.63) is 0 Å². The van der Waals surface area contributed by atoms with Crippen LogP contribution in [0.1, 0.15) is 52.4 Å². The molecule has 30 heavy (non-hydrogen) atoms. The Morgan fingerprint density at radius 1 is 1.03 bits per heavy atom. The maximum absolute atomic E-state index is 7.09. The molecular weight excluding hydrogens is 404 g/mol. The van der Waals surface area contributed by atoms with E-state index in [2.05, 4.69) is 20.4 Å². The molecule has 8 heteroatoms. The van der Waals surface area contributed by atoms with Crippen LogP contribution in [0, 0.1) is 5.92 Å². The smallest absolute Gasteiger partial charge is 0.338 e. The normalized spacial score (nSPS) is 42.7. The van der Waals surface area contributed by atoms with E-state index >= 15 is 0 Å². The van der Waals surface area contributed by atoms with Crippen LogP contribution in [0.25, 0.3) is 0 Å². The predicted molar refractivity (Wildman–Crippen MR) is 111 cm³/mol. The van der Waals surface area contributed by atoms with Crippen LogP contribution in [-0.4, -0.2) is 77.4 Å². The maximum atomic E-state index is 7.09. The number of hydrogen-bond acceptors (Lipinski definition) is 7. The second kappa shape index (κ2) is 8.70. The summed E-state index contributed by atoms with van der Waals surface area (Å²) in [6.45, 7) is 9.46. The number of hydrogen-bond donors (Lipinski definition) is 0. The van der Waals surface area contributed by atoms with Crippen molar-refractivity contribution in [1.82, 2.24) is 0 Å². The molecule has 4 heterocycles. The summed E-state index contributed by atoms with van der Waals surface area (Å²) in [7, 11) is -2.45. The van der Waals surface area contributed by atoms with E-state index in [0.29, 0.717) is 37.4 Å². The zero-order valence-corrected chi connectivity index (χ0v) is 19.7. The van der Waals surface area contributed by atoms with Crippen LogP contribution in [0.4, 0.5) is 0 Å². The molecule has 5 fully saturated rings. The Labute approximate surface area is 181 Å². The van der Waals surface area contributed by atoms with E-state index in [-0.39, 0.29) is 24.1 Å². The first-order valence-electron chi connectivity index (χ1n) is 12.0. The molecule has 0 amide bonds. The topological polar surface area (TPSA) is 77.8 Å². The van der Waals surface area contributed by atoms with Crippen molar-refractivity contribution in [2.24, 2.45) is 5.92 Å². The lowest BCUT2D eigenvalue weighted by molar-refractivity contribution is -0.0180. The number of epoxide rings is 4. The first kappa shape index (κ1) is 21.8. The van der Waals surface area contributed by atoms with E-state index in [1.165, 1.54) is 19.3 Å². The highest BCUT2D eigenvalue weighted by Crippen LogP contribution is 2.48. The molecule has 7 nitrogen and oxygen atoms in total. The minimum absolute atomic E-state index is 0.0736. The fraction of sp³-hybridized carbons (Fsp3) is 1.00. The van der Waals surface area contributed by atoms with Gasteiger partial charge in [0.25, 0.3) is 0 Å². The summed E-state index contributed by atoms with van der Waals surface area (Å²) in [5.41, 5.74) is -0.205. The van der Waals surface area contributed by atoms with Gasteiger partial charge in [-0.05, 0) is 45.1 Å². The van der Waals surface area contributed by atoms with E-state index < -0.39 is 8.56 Å². The summed E-state index contributed by atoms with van der Waals surface area (Å²) in [6, 6.07) is 0.803. The molecule has 0 aromatic rings. The van der Waals surface area contributed by atoms with Crippen molar-refractivity contribution < 1.29 is 32.5 Å². The fourth-order valence-electron chi connectivity index (χ4n) is 5.42. The monoisotopic (exact) mass is 442 g/mol. The van der Waals surface area contributed by atoms with Gasteiger partial charge < -0.3 is 32.5 Å². The highest BCUT2D eigenvalue weighted by molar-refractivity contribution is 6.66. The van der Waals surface area contributed by atoms with Gasteiger partial charge in [-0.2, -0.15) is 0 Å². The molecule has 1 aliphatic carbocycles. The highest BCUT2D eigenvalue weighted by Gasteiger charge is 2.55. The Hall–Kier alpha value is -0.0631. The maximum Gasteiger partial charge on any atom is 0.338 e. The van der Waals surface area contributed by atoms with Crippen LogP contribution in [-0.2, 0) is 32.5 Å². The molecule has 4 saturated heterocycles. The summed E-state index contributed by atoms with van der Waals surface area (Å²) in [5, 5.41) is 0. The van der Waals surface area contributed by atoms with Gasteiger partial charge in [0.15, 0.2) is 6.29 Å². The minimum atomic E-state index is -2.45. The molecule has 9 atom stereocenters. The summed E-state index contributed by atoms with van der Waals surface area (Å²) in [6.07, 6.45) is 8.19.